The van der Waals surface area contributed by atoms with Crippen molar-refractivity contribution in [3.8, 4) is 0 Å². The maximum Gasteiger partial charge on any atom is 0.229 e. The summed E-state index contributed by atoms with van der Waals surface area (Å²) in [6.07, 6.45) is 5.94. The average molecular weight is 300 g/mol. The number of rotatable bonds is 3. The fraction of sp³-hybridized carbons (Fsp3) is 0.556. The minimum absolute atomic E-state index is 0.0526. The number of anilines is 1. The molecule has 2 amide bonds. The first-order valence-electron chi connectivity index (χ1n) is 8.31. The third kappa shape index (κ3) is 3.32. The van der Waals surface area contributed by atoms with Crippen molar-refractivity contribution in [1.29, 1.82) is 0 Å². The lowest BCUT2D eigenvalue weighted by molar-refractivity contribution is -0.126. The van der Waals surface area contributed by atoms with Gasteiger partial charge in [0.15, 0.2) is 0 Å². The molecule has 0 aromatic heterocycles. The third-order valence-electron chi connectivity index (χ3n) is 4.79. The second-order valence-corrected chi connectivity index (χ2v) is 6.58. The Hall–Kier alpha value is -1.84. The molecule has 1 aromatic carbocycles. The van der Waals surface area contributed by atoms with E-state index in [-0.39, 0.29) is 23.8 Å². The van der Waals surface area contributed by atoms with E-state index in [1.54, 1.807) is 4.90 Å². The lowest BCUT2D eigenvalue weighted by atomic mass is 9.88. The van der Waals surface area contributed by atoms with Gasteiger partial charge in [-0.2, -0.15) is 0 Å². The first-order chi connectivity index (χ1) is 10.6. The number of carbonyl (C=O) groups is 2. The Morgan fingerprint density at radius 3 is 2.50 bits per heavy atom. The summed E-state index contributed by atoms with van der Waals surface area (Å²) in [7, 11) is 0. The van der Waals surface area contributed by atoms with Crippen LogP contribution in [0.5, 0.6) is 0 Å². The highest BCUT2D eigenvalue weighted by Gasteiger charge is 2.33. The van der Waals surface area contributed by atoms with Crippen molar-refractivity contribution in [2.75, 3.05) is 11.4 Å². The second-order valence-electron chi connectivity index (χ2n) is 6.58. The largest absolute Gasteiger partial charge is 0.351 e. The monoisotopic (exact) mass is 300 g/mol. The summed E-state index contributed by atoms with van der Waals surface area (Å²) in [5, 5.41) is 3.09. The van der Waals surface area contributed by atoms with Gasteiger partial charge in [-0.3, -0.25) is 9.59 Å². The van der Waals surface area contributed by atoms with E-state index in [1.807, 2.05) is 31.2 Å². The van der Waals surface area contributed by atoms with Gasteiger partial charge in [0, 0.05) is 24.6 Å². The summed E-state index contributed by atoms with van der Waals surface area (Å²) >= 11 is 0. The molecule has 2 aliphatic rings. The van der Waals surface area contributed by atoms with Gasteiger partial charge in [-0.15, -0.1) is 0 Å². The summed E-state index contributed by atoms with van der Waals surface area (Å²) in [5.41, 5.74) is 2.10. The number of benzene rings is 1. The van der Waals surface area contributed by atoms with E-state index in [0.29, 0.717) is 13.0 Å². The molecular formula is C18H24N2O2. The van der Waals surface area contributed by atoms with Crippen LogP contribution >= 0.6 is 0 Å². The molecule has 3 rings (SSSR count). The van der Waals surface area contributed by atoms with Gasteiger partial charge in [-0.05, 0) is 31.9 Å². The van der Waals surface area contributed by atoms with E-state index < -0.39 is 0 Å². The van der Waals surface area contributed by atoms with Crippen LogP contribution in [0.4, 0.5) is 5.69 Å². The highest BCUT2D eigenvalue weighted by Crippen LogP contribution is 2.25. The van der Waals surface area contributed by atoms with Gasteiger partial charge in [0.1, 0.15) is 0 Å². The molecule has 0 bridgehead atoms. The molecule has 1 aliphatic carbocycles. The standard InChI is InChI=1S/C18H24N2O2/c1-13-7-9-16(10-8-13)20-12-15(11-17(20)21)19-18(22)14-5-3-2-4-6-14/h7-10,14-15H,2-6,11-12H2,1H3,(H,19,22). The molecule has 1 unspecified atom stereocenters. The van der Waals surface area contributed by atoms with E-state index in [1.165, 1.54) is 12.0 Å². The van der Waals surface area contributed by atoms with Gasteiger partial charge < -0.3 is 10.2 Å². The van der Waals surface area contributed by atoms with Crippen molar-refractivity contribution in [1.82, 2.24) is 5.32 Å². The van der Waals surface area contributed by atoms with Crippen LogP contribution in [0.3, 0.4) is 0 Å². The van der Waals surface area contributed by atoms with Crippen molar-refractivity contribution in [2.45, 2.75) is 51.5 Å². The molecule has 1 aliphatic heterocycles. The van der Waals surface area contributed by atoms with Crippen LogP contribution in [0.1, 0.15) is 44.1 Å². The van der Waals surface area contributed by atoms with E-state index in [0.717, 1.165) is 31.4 Å². The van der Waals surface area contributed by atoms with Crippen LogP contribution in [0, 0.1) is 12.8 Å². The van der Waals surface area contributed by atoms with Crippen LogP contribution in [-0.4, -0.2) is 24.4 Å². The Morgan fingerprint density at radius 1 is 1.14 bits per heavy atom. The Morgan fingerprint density at radius 2 is 1.82 bits per heavy atom. The van der Waals surface area contributed by atoms with Crippen molar-refractivity contribution < 1.29 is 9.59 Å². The number of nitrogens with one attached hydrogen (secondary N) is 1. The fourth-order valence-electron chi connectivity index (χ4n) is 3.46. The highest BCUT2D eigenvalue weighted by atomic mass is 16.2. The van der Waals surface area contributed by atoms with Gasteiger partial charge in [0.2, 0.25) is 11.8 Å². The molecule has 1 saturated heterocycles. The van der Waals surface area contributed by atoms with E-state index >= 15 is 0 Å². The third-order valence-corrected chi connectivity index (χ3v) is 4.79. The second kappa shape index (κ2) is 6.51. The summed E-state index contributed by atoms with van der Waals surface area (Å²) in [5.74, 6) is 0.387. The highest BCUT2D eigenvalue weighted by molar-refractivity contribution is 5.97. The van der Waals surface area contributed by atoms with Crippen LogP contribution in [-0.2, 0) is 9.59 Å². The summed E-state index contributed by atoms with van der Waals surface area (Å²) in [4.78, 5) is 26.3. The summed E-state index contributed by atoms with van der Waals surface area (Å²) in [6, 6.07) is 7.91. The molecule has 4 heteroatoms. The van der Waals surface area contributed by atoms with Gasteiger partial charge in [0.25, 0.3) is 0 Å². The van der Waals surface area contributed by atoms with Gasteiger partial charge in [-0.1, -0.05) is 37.0 Å². The Labute approximate surface area is 131 Å². The number of carbonyl (C=O) groups excluding carboxylic acids is 2. The maximum atomic E-state index is 12.3. The molecule has 1 atom stereocenters. The summed E-state index contributed by atoms with van der Waals surface area (Å²) in [6.45, 7) is 2.61. The molecule has 1 saturated carbocycles. The van der Waals surface area contributed by atoms with Crippen LogP contribution in [0.15, 0.2) is 24.3 Å². The molecule has 1 N–H and O–H groups in total. The molecule has 1 heterocycles. The lowest BCUT2D eigenvalue weighted by Crippen LogP contribution is -2.41. The zero-order valence-electron chi connectivity index (χ0n) is 13.2. The van der Waals surface area contributed by atoms with Crippen LogP contribution in [0.2, 0.25) is 0 Å². The van der Waals surface area contributed by atoms with Crippen molar-refractivity contribution in [3.05, 3.63) is 29.8 Å². The minimum Gasteiger partial charge on any atom is -0.351 e. The Balaban J connectivity index is 1.59. The minimum atomic E-state index is -0.0526. The zero-order chi connectivity index (χ0) is 15.5. The molecule has 4 nitrogen and oxygen atoms in total. The van der Waals surface area contributed by atoms with Crippen LogP contribution in [0.25, 0.3) is 0 Å². The number of aryl methyl sites for hydroxylation is 1. The smallest absolute Gasteiger partial charge is 0.229 e. The van der Waals surface area contributed by atoms with Gasteiger partial charge >= 0.3 is 0 Å². The van der Waals surface area contributed by atoms with Crippen LogP contribution < -0.4 is 10.2 Å². The number of hydrogen-bond acceptors (Lipinski definition) is 2. The van der Waals surface area contributed by atoms with Crippen molar-refractivity contribution in [3.63, 3.8) is 0 Å². The number of amides is 2. The Kier molecular flexibility index (Phi) is 4.46. The van der Waals surface area contributed by atoms with E-state index in [9.17, 15) is 9.59 Å². The molecule has 0 radical (unpaired) electrons. The predicted octanol–water partition coefficient (Wildman–Crippen LogP) is 2.80. The summed E-state index contributed by atoms with van der Waals surface area (Å²) < 4.78 is 0. The molecule has 0 spiro atoms. The SMILES string of the molecule is Cc1ccc(N2CC(NC(=O)C3CCCCC3)CC2=O)cc1. The van der Waals surface area contributed by atoms with Gasteiger partial charge in [0.05, 0.1) is 6.04 Å². The average Bonchev–Trinajstić information content (AvgIpc) is 2.89. The fourth-order valence-corrected chi connectivity index (χ4v) is 3.46. The number of hydrogen-bond donors (Lipinski definition) is 1. The lowest BCUT2D eigenvalue weighted by Gasteiger charge is -2.23. The zero-order valence-corrected chi connectivity index (χ0v) is 13.2. The Bertz CT molecular complexity index is 547. The first kappa shape index (κ1) is 15.1. The predicted molar refractivity (Wildman–Crippen MR) is 86.7 cm³/mol. The van der Waals surface area contributed by atoms with E-state index in [2.05, 4.69) is 5.32 Å². The molecule has 118 valence electrons. The van der Waals surface area contributed by atoms with Crippen molar-refractivity contribution >= 4 is 17.5 Å². The molecular weight excluding hydrogens is 276 g/mol. The van der Waals surface area contributed by atoms with Gasteiger partial charge in [-0.25, -0.2) is 0 Å². The normalized spacial score (nSPS) is 22.9. The number of nitrogens with zero attached hydrogens (tertiary/aromatic N) is 1. The molecule has 22 heavy (non-hydrogen) atoms. The topological polar surface area (TPSA) is 49.4 Å². The molecule has 2 fully saturated rings. The first-order valence-corrected chi connectivity index (χ1v) is 8.31. The maximum absolute atomic E-state index is 12.3. The quantitative estimate of drug-likeness (QED) is 0.933. The van der Waals surface area contributed by atoms with Crippen molar-refractivity contribution in [2.24, 2.45) is 5.92 Å². The van der Waals surface area contributed by atoms with E-state index in [4.69, 9.17) is 0 Å². The molecule has 1 aromatic rings.